The van der Waals surface area contributed by atoms with Crippen LogP contribution in [0.25, 0.3) is 0 Å². The fourth-order valence-corrected chi connectivity index (χ4v) is 0.218. The molecule has 0 spiro atoms. The maximum absolute atomic E-state index is 3.10. The Labute approximate surface area is 73.0 Å². The molecule has 0 aromatic heterocycles. The van der Waals surface area contributed by atoms with Crippen molar-refractivity contribution in [1.29, 1.82) is 0 Å². The minimum atomic E-state index is 0. The molecular weight excluding hydrogens is 136 g/mol. The van der Waals surface area contributed by atoms with Gasteiger partial charge < -0.3 is 10.2 Å². The second-order valence-electron chi connectivity index (χ2n) is 2.61. The number of likely N-dealkylation sites (N-methyl/N-ethyl adjacent to an activating group) is 1. The zero-order valence-electron chi connectivity index (χ0n) is 5.65. The van der Waals surface area contributed by atoms with E-state index in [2.05, 4.69) is 24.2 Å². The predicted octanol–water partition coefficient (Wildman–Crippen LogP) is 1.82. The molecule has 2 fully saturated rings. The van der Waals surface area contributed by atoms with Crippen LogP contribution in [0.2, 0.25) is 0 Å². The summed E-state index contributed by atoms with van der Waals surface area (Å²) < 4.78 is 0. The first kappa shape index (κ1) is 17.1. The average molecular weight is 162 g/mol. The summed E-state index contributed by atoms with van der Waals surface area (Å²) >= 11 is 0. The molecule has 2 heterocycles. The standard InChI is InChI=1S/2C3H7N.3CH4/c1-4-2-3-4;1-3-2-4-3;;;/h2-3H2,1H3;3-4H,2H2,1H3;3*1H4. The van der Waals surface area contributed by atoms with Gasteiger partial charge in [0.25, 0.3) is 0 Å². The monoisotopic (exact) mass is 162 g/mol. The molecule has 2 aliphatic rings. The van der Waals surface area contributed by atoms with E-state index in [0.717, 1.165) is 6.04 Å². The van der Waals surface area contributed by atoms with Crippen molar-refractivity contribution in [3.8, 4) is 0 Å². The summed E-state index contributed by atoms with van der Waals surface area (Å²) in [5, 5.41) is 3.10. The molecule has 2 nitrogen and oxygen atoms in total. The van der Waals surface area contributed by atoms with Gasteiger partial charge in [-0.3, -0.25) is 0 Å². The van der Waals surface area contributed by atoms with Gasteiger partial charge in [0.05, 0.1) is 0 Å². The summed E-state index contributed by atoms with van der Waals surface area (Å²) in [7, 11) is 2.11. The normalized spacial score (nSPS) is 24.0. The SMILES string of the molecule is C.C.C.CC1CN1.CN1CC1. The summed E-state index contributed by atoms with van der Waals surface area (Å²) in [6.07, 6.45) is 0. The minimum absolute atomic E-state index is 0. The van der Waals surface area contributed by atoms with E-state index in [-0.39, 0.29) is 22.3 Å². The smallest absolute Gasteiger partial charge is 0.0164 e. The Bertz CT molecular complexity index is 56.0. The Balaban J connectivity index is -0.0000000914. The molecule has 0 aromatic carbocycles. The van der Waals surface area contributed by atoms with Gasteiger partial charge in [0.15, 0.2) is 0 Å². The lowest BCUT2D eigenvalue weighted by Crippen LogP contribution is -1.75. The molecule has 1 atom stereocenters. The molecule has 72 valence electrons. The van der Waals surface area contributed by atoms with Crippen molar-refractivity contribution >= 4 is 0 Å². The van der Waals surface area contributed by atoms with Gasteiger partial charge in [-0.1, -0.05) is 22.3 Å². The van der Waals surface area contributed by atoms with Gasteiger partial charge >= 0.3 is 0 Å². The minimum Gasteiger partial charge on any atom is -0.311 e. The van der Waals surface area contributed by atoms with Gasteiger partial charge in [-0.25, -0.2) is 0 Å². The second kappa shape index (κ2) is 8.02. The summed E-state index contributed by atoms with van der Waals surface area (Å²) in [6.45, 7) is 6.04. The topological polar surface area (TPSA) is 25.0 Å². The van der Waals surface area contributed by atoms with Crippen LogP contribution in [0.4, 0.5) is 0 Å². The second-order valence-corrected chi connectivity index (χ2v) is 2.61. The number of hydrogen-bond acceptors (Lipinski definition) is 2. The van der Waals surface area contributed by atoms with Crippen LogP contribution in [-0.4, -0.2) is 37.6 Å². The predicted molar refractivity (Wildman–Crippen MR) is 55.2 cm³/mol. The van der Waals surface area contributed by atoms with Crippen LogP contribution < -0.4 is 5.32 Å². The summed E-state index contributed by atoms with van der Waals surface area (Å²) in [4.78, 5) is 2.25. The summed E-state index contributed by atoms with van der Waals surface area (Å²) in [5.74, 6) is 0. The maximum Gasteiger partial charge on any atom is 0.0164 e. The van der Waals surface area contributed by atoms with E-state index in [0.29, 0.717) is 0 Å². The first-order chi connectivity index (χ1) is 3.79. The lowest BCUT2D eigenvalue weighted by atomic mass is 10.6. The maximum atomic E-state index is 3.10. The average Bonchev–Trinajstić information content (AvgIpc) is 2.47. The van der Waals surface area contributed by atoms with E-state index >= 15 is 0 Å². The van der Waals surface area contributed by atoms with Crippen molar-refractivity contribution in [3.63, 3.8) is 0 Å². The summed E-state index contributed by atoms with van der Waals surface area (Å²) in [5.41, 5.74) is 0. The van der Waals surface area contributed by atoms with Crippen LogP contribution >= 0.6 is 0 Å². The third-order valence-corrected chi connectivity index (χ3v) is 1.28. The molecule has 0 radical (unpaired) electrons. The van der Waals surface area contributed by atoms with Crippen LogP contribution in [0.15, 0.2) is 0 Å². The molecule has 2 rings (SSSR count). The number of nitrogens with one attached hydrogen (secondary N) is 1. The Hall–Kier alpha value is -0.0800. The first-order valence-electron chi connectivity index (χ1n) is 3.21. The highest BCUT2D eigenvalue weighted by atomic mass is 15.2. The third-order valence-electron chi connectivity index (χ3n) is 1.28. The van der Waals surface area contributed by atoms with E-state index in [4.69, 9.17) is 0 Å². The number of rotatable bonds is 0. The van der Waals surface area contributed by atoms with Gasteiger partial charge in [0.1, 0.15) is 0 Å². The summed E-state index contributed by atoms with van der Waals surface area (Å²) in [6, 6.07) is 0.833. The molecule has 0 bridgehead atoms. The molecule has 2 saturated heterocycles. The zero-order valence-corrected chi connectivity index (χ0v) is 5.65. The van der Waals surface area contributed by atoms with E-state index in [1.165, 1.54) is 19.6 Å². The van der Waals surface area contributed by atoms with Gasteiger partial charge in [0, 0.05) is 25.7 Å². The van der Waals surface area contributed by atoms with Crippen molar-refractivity contribution in [2.75, 3.05) is 26.7 Å². The molecule has 1 N–H and O–H groups in total. The molecule has 11 heavy (non-hydrogen) atoms. The fourth-order valence-electron chi connectivity index (χ4n) is 0.218. The van der Waals surface area contributed by atoms with E-state index in [9.17, 15) is 0 Å². The molecule has 0 amide bonds. The zero-order chi connectivity index (χ0) is 5.98. The van der Waals surface area contributed by atoms with Crippen molar-refractivity contribution in [1.82, 2.24) is 10.2 Å². The molecule has 1 unspecified atom stereocenters. The highest BCUT2D eigenvalue weighted by Crippen LogP contribution is 1.93. The van der Waals surface area contributed by atoms with E-state index in [1.807, 2.05) is 0 Å². The Kier molecular flexibility index (Phi) is 12.5. The highest BCUT2D eigenvalue weighted by molar-refractivity contribution is 4.76. The van der Waals surface area contributed by atoms with Crippen molar-refractivity contribution in [3.05, 3.63) is 0 Å². The number of hydrogen-bond donors (Lipinski definition) is 1. The molecule has 2 heteroatoms. The van der Waals surface area contributed by atoms with Crippen molar-refractivity contribution in [2.45, 2.75) is 35.2 Å². The Morgan fingerprint density at radius 2 is 1.36 bits per heavy atom. The number of nitrogens with zero attached hydrogens (tertiary/aromatic N) is 1. The molecular formula is C9H26N2. The molecule has 0 aromatic rings. The Morgan fingerprint density at radius 1 is 1.18 bits per heavy atom. The quantitative estimate of drug-likeness (QED) is 0.550. The highest BCUT2D eigenvalue weighted by Gasteiger charge is 2.10. The van der Waals surface area contributed by atoms with Gasteiger partial charge in [-0.05, 0) is 14.0 Å². The third kappa shape index (κ3) is 17.8. The van der Waals surface area contributed by atoms with Gasteiger partial charge in [-0.15, -0.1) is 0 Å². The van der Waals surface area contributed by atoms with Crippen LogP contribution in [0.1, 0.15) is 29.2 Å². The first-order valence-corrected chi connectivity index (χ1v) is 3.21. The lowest BCUT2D eigenvalue weighted by molar-refractivity contribution is 0.698. The van der Waals surface area contributed by atoms with Gasteiger partial charge in [-0.2, -0.15) is 0 Å². The molecule has 2 aliphatic heterocycles. The van der Waals surface area contributed by atoms with Crippen LogP contribution in [0.3, 0.4) is 0 Å². The molecule has 0 saturated carbocycles. The largest absolute Gasteiger partial charge is 0.311 e. The van der Waals surface area contributed by atoms with Crippen LogP contribution in [-0.2, 0) is 0 Å². The van der Waals surface area contributed by atoms with Crippen LogP contribution in [0.5, 0.6) is 0 Å². The Morgan fingerprint density at radius 3 is 1.36 bits per heavy atom. The van der Waals surface area contributed by atoms with Gasteiger partial charge in [0.2, 0.25) is 0 Å². The van der Waals surface area contributed by atoms with Crippen molar-refractivity contribution in [2.24, 2.45) is 0 Å². The van der Waals surface area contributed by atoms with E-state index in [1.54, 1.807) is 0 Å². The lowest BCUT2D eigenvalue weighted by Gasteiger charge is -1.66. The van der Waals surface area contributed by atoms with Crippen LogP contribution in [0, 0.1) is 0 Å². The fraction of sp³-hybridized carbons (Fsp3) is 1.00. The molecule has 0 aliphatic carbocycles. The van der Waals surface area contributed by atoms with Crippen molar-refractivity contribution < 1.29 is 0 Å². The van der Waals surface area contributed by atoms with E-state index < -0.39 is 0 Å².